The Balaban J connectivity index is 1.70. The van der Waals surface area contributed by atoms with Crippen LogP contribution in [-0.4, -0.2) is 21.7 Å². The summed E-state index contributed by atoms with van der Waals surface area (Å²) in [7, 11) is 0. The van der Waals surface area contributed by atoms with E-state index in [0.717, 1.165) is 22.5 Å². The molecule has 0 N–H and O–H groups in total. The van der Waals surface area contributed by atoms with Crippen molar-refractivity contribution in [1.82, 2.24) is 9.78 Å². The third-order valence-electron chi connectivity index (χ3n) is 4.77. The molecule has 6 heteroatoms. The molecule has 1 aromatic carbocycles. The Bertz CT molecular complexity index is 1010. The molecule has 0 aliphatic carbocycles. The molecule has 0 fully saturated rings. The Morgan fingerprint density at radius 2 is 2.00 bits per heavy atom. The number of thiophene rings is 1. The number of hydrogen-bond acceptors (Lipinski definition) is 4. The first-order valence-electron chi connectivity index (χ1n) is 8.61. The van der Waals surface area contributed by atoms with Gasteiger partial charge in [0, 0.05) is 17.8 Å². The average molecular weight is 365 g/mol. The van der Waals surface area contributed by atoms with Crippen LogP contribution in [0, 0.1) is 0 Å². The van der Waals surface area contributed by atoms with Crippen molar-refractivity contribution in [3.8, 4) is 10.6 Å². The maximum Gasteiger partial charge on any atom is 0.267 e. The van der Waals surface area contributed by atoms with Crippen LogP contribution in [0.1, 0.15) is 25.5 Å². The van der Waals surface area contributed by atoms with Gasteiger partial charge in [0.25, 0.3) is 11.5 Å². The average Bonchev–Trinajstić information content (AvgIpc) is 3.28. The number of fused-ring (bicyclic) bond motifs is 1. The van der Waals surface area contributed by atoms with Gasteiger partial charge in [0.15, 0.2) is 0 Å². The number of para-hydroxylation sites is 1. The summed E-state index contributed by atoms with van der Waals surface area (Å²) in [6.45, 7) is 3.77. The number of carbonyl (C=O) groups excluding carboxylic acids is 1. The van der Waals surface area contributed by atoms with Gasteiger partial charge < -0.3 is 4.90 Å². The Labute approximate surface area is 155 Å². The number of nitrogens with zero attached hydrogens (tertiary/aromatic N) is 3. The van der Waals surface area contributed by atoms with E-state index >= 15 is 0 Å². The lowest BCUT2D eigenvalue weighted by atomic mass is 10.1. The molecule has 4 rings (SSSR count). The second-order valence-corrected chi connectivity index (χ2v) is 7.49. The molecule has 0 radical (unpaired) electrons. The van der Waals surface area contributed by atoms with E-state index in [1.807, 2.05) is 48.7 Å². The molecule has 1 aliphatic rings. The Hall–Kier alpha value is -2.73. The van der Waals surface area contributed by atoms with E-state index in [9.17, 15) is 9.59 Å². The highest BCUT2D eigenvalue weighted by Gasteiger charge is 2.34. The predicted molar refractivity (Wildman–Crippen MR) is 104 cm³/mol. The van der Waals surface area contributed by atoms with E-state index in [1.54, 1.807) is 29.2 Å². The lowest BCUT2D eigenvalue weighted by Gasteiger charge is -2.26. The van der Waals surface area contributed by atoms with Crippen molar-refractivity contribution in [1.29, 1.82) is 0 Å². The Morgan fingerprint density at radius 3 is 2.77 bits per heavy atom. The molecular formula is C20H19N3O2S. The van der Waals surface area contributed by atoms with Crippen molar-refractivity contribution in [2.75, 3.05) is 4.90 Å². The number of carbonyl (C=O) groups is 1. The summed E-state index contributed by atoms with van der Waals surface area (Å²) in [4.78, 5) is 28.3. The quantitative estimate of drug-likeness (QED) is 0.714. The SMILES string of the molecule is CC1Cc2ccccc2N1C(=O)C(C)n1nc(-c2cccs2)ccc1=O. The first-order chi connectivity index (χ1) is 12.6. The van der Waals surface area contributed by atoms with E-state index in [0.29, 0.717) is 5.69 Å². The van der Waals surface area contributed by atoms with E-state index in [2.05, 4.69) is 5.10 Å². The fourth-order valence-corrected chi connectivity index (χ4v) is 4.16. The Morgan fingerprint density at radius 1 is 1.19 bits per heavy atom. The molecule has 0 saturated heterocycles. The molecule has 26 heavy (non-hydrogen) atoms. The molecule has 0 spiro atoms. The zero-order chi connectivity index (χ0) is 18.3. The summed E-state index contributed by atoms with van der Waals surface area (Å²) in [5, 5.41) is 6.42. The van der Waals surface area contributed by atoms with Crippen LogP contribution in [0.2, 0.25) is 0 Å². The zero-order valence-electron chi connectivity index (χ0n) is 14.6. The van der Waals surface area contributed by atoms with E-state index < -0.39 is 6.04 Å². The van der Waals surface area contributed by atoms with Gasteiger partial charge in [0.05, 0.1) is 4.88 Å². The van der Waals surface area contributed by atoms with Gasteiger partial charge in [0.1, 0.15) is 11.7 Å². The number of amides is 1. The van der Waals surface area contributed by atoms with Crippen LogP contribution < -0.4 is 10.5 Å². The summed E-state index contributed by atoms with van der Waals surface area (Å²) >= 11 is 1.55. The van der Waals surface area contributed by atoms with Crippen molar-refractivity contribution in [3.63, 3.8) is 0 Å². The molecule has 1 aliphatic heterocycles. The molecule has 0 bridgehead atoms. The van der Waals surface area contributed by atoms with Gasteiger partial charge in [-0.3, -0.25) is 9.59 Å². The fourth-order valence-electron chi connectivity index (χ4n) is 3.47. The van der Waals surface area contributed by atoms with Crippen LogP contribution in [-0.2, 0) is 11.2 Å². The molecule has 2 aromatic heterocycles. The van der Waals surface area contributed by atoms with Crippen molar-refractivity contribution in [3.05, 3.63) is 69.8 Å². The number of anilines is 1. The molecule has 2 atom stereocenters. The largest absolute Gasteiger partial charge is 0.307 e. The highest BCUT2D eigenvalue weighted by atomic mass is 32.1. The van der Waals surface area contributed by atoms with Crippen LogP contribution in [0.3, 0.4) is 0 Å². The van der Waals surface area contributed by atoms with Gasteiger partial charge in [-0.25, -0.2) is 4.68 Å². The van der Waals surface area contributed by atoms with Crippen LogP contribution >= 0.6 is 11.3 Å². The monoisotopic (exact) mass is 365 g/mol. The highest BCUT2D eigenvalue weighted by molar-refractivity contribution is 7.13. The van der Waals surface area contributed by atoms with Gasteiger partial charge in [-0.1, -0.05) is 24.3 Å². The maximum absolute atomic E-state index is 13.2. The number of hydrogen-bond donors (Lipinski definition) is 0. The van der Waals surface area contributed by atoms with E-state index in [1.165, 1.54) is 10.7 Å². The minimum absolute atomic E-state index is 0.0681. The molecule has 5 nitrogen and oxygen atoms in total. The minimum atomic E-state index is -0.670. The molecule has 3 aromatic rings. The maximum atomic E-state index is 13.2. The molecule has 3 heterocycles. The van der Waals surface area contributed by atoms with Gasteiger partial charge in [0.2, 0.25) is 0 Å². The molecule has 132 valence electrons. The molecular weight excluding hydrogens is 346 g/mol. The normalized spacial score (nSPS) is 17.2. The third kappa shape index (κ3) is 2.76. The highest BCUT2D eigenvalue weighted by Crippen LogP contribution is 2.33. The van der Waals surface area contributed by atoms with Crippen LogP contribution in [0.25, 0.3) is 10.6 Å². The zero-order valence-corrected chi connectivity index (χ0v) is 15.4. The summed E-state index contributed by atoms with van der Waals surface area (Å²) < 4.78 is 1.30. The smallest absolute Gasteiger partial charge is 0.267 e. The number of rotatable bonds is 3. The topological polar surface area (TPSA) is 55.2 Å². The van der Waals surface area contributed by atoms with Crippen molar-refractivity contribution < 1.29 is 4.79 Å². The third-order valence-corrected chi connectivity index (χ3v) is 5.66. The van der Waals surface area contributed by atoms with Gasteiger partial charge >= 0.3 is 0 Å². The summed E-state index contributed by atoms with van der Waals surface area (Å²) in [6.07, 6.45) is 0.826. The summed E-state index contributed by atoms with van der Waals surface area (Å²) in [5.74, 6) is -0.111. The number of aromatic nitrogens is 2. The minimum Gasteiger partial charge on any atom is -0.307 e. The van der Waals surface area contributed by atoms with Gasteiger partial charge in [-0.2, -0.15) is 5.10 Å². The standard InChI is InChI=1S/C20H19N3O2S/c1-13-12-15-6-3-4-7-17(15)22(13)20(25)14(2)23-19(24)10-9-16(21-23)18-8-5-11-26-18/h3-11,13-14H,12H2,1-2H3. The van der Waals surface area contributed by atoms with Crippen LogP contribution in [0.5, 0.6) is 0 Å². The summed E-state index contributed by atoms with van der Waals surface area (Å²) in [6, 6.07) is 14.4. The van der Waals surface area contributed by atoms with Crippen molar-refractivity contribution in [2.24, 2.45) is 0 Å². The molecule has 0 saturated carbocycles. The first kappa shape index (κ1) is 16.7. The molecule has 2 unspecified atom stereocenters. The van der Waals surface area contributed by atoms with Gasteiger partial charge in [-0.15, -0.1) is 11.3 Å². The Kier molecular flexibility index (Phi) is 4.20. The fraction of sp³-hybridized carbons (Fsp3) is 0.250. The lowest BCUT2D eigenvalue weighted by Crippen LogP contribution is -2.42. The lowest BCUT2D eigenvalue weighted by molar-refractivity contribution is -0.121. The van der Waals surface area contributed by atoms with Crippen molar-refractivity contribution in [2.45, 2.75) is 32.4 Å². The summed E-state index contributed by atoms with van der Waals surface area (Å²) in [5.41, 5.74) is 2.52. The molecule has 1 amide bonds. The second kappa shape index (κ2) is 6.53. The predicted octanol–water partition coefficient (Wildman–Crippen LogP) is 3.51. The van der Waals surface area contributed by atoms with E-state index in [4.69, 9.17) is 0 Å². The van der Waals surface area contributed by atoms with Crippen LogP contribution in [0.15, 0.2) is 58.7 Å². The van der Waals surface area contributed by atoms with E-state index in [-0.39, 0.29) is 17.5 Å². The second-order valence-electron chi connectivity index (χ2n) is 6.54. The number of benzene rings is 1. The van der Waals surface area contributed by atoms with Gasteiger partial charge in [-0.05, 0) is 49.4 Å². The van der Waals surface area contributed by atoms with Crippen LogP contribution in [0.4, 0.5) is 5.69 Å². The van der Waals surface area contributed by atoms with Crippen molar-refractivity contribution >= 4 is 22.9 Å². The first-order valence-corrected chi connectivity index (χ1v) is 9.49.